The van der Waals surface area contributed by atoms with Crippen LogP contribution in [0.5, 0.6) is 0 Å². The molecule has 2 aliphatic heterocycles. The van der Waals surface area contributed by atoms with Crippen LogP contribution in [0.4, 0.5) is 4.79 Å². The van der Waals surface area contributed by atoms with Gasteiger partial charge in [-0.3, -0.25) is 4.90 Å². The van der Waals surface area contributed by atoms with Crippen LogP contribution in [0.15, 0.2) is 0 Å². The molecule has 5 nitrogen and oxygen atoms in total. The van der Waals surface area contributed by atoms with Crippen LogP contribution in [0.3, 0.4) is 0 Å². The van der Waals surface area contributed by atoms with Crippen LogP contribution in [0.2, 0.25) is 0 Å². The SMILES string of the molecule is CCNC(=O)NCC1(N2CCSCC2)CCOCC1. The number of carbonyl (C=O) groups is 1. The molecule has 2 heterocycles. The van der Waals surface area contributed by atoms with Crippen molar-refractivity contribution in [3.63, 3.8) is 0 Å². The minimum atomic E-state index is -0.0558. The number of rotatable bonds is 4. The lowest BCUT2D eigenvalue weighted by Gasteiger charge is -2.47. The molecule has 0 aromatic carbocycles. The summed E-state index contributed by atoms with van der Waals surface area (Å²) in [6, 6.07) is -0.0558. The number of nitrogens with one attached hydrogen (secondary N) is 2. The molecule has 6 heteroatoms. The van der Waals surface area contributed by atoms with Gasteiger partial charge in [0.1, 0.15) is 0 Å². The third-order valence-electron chi connectivity index (χ3n) is 4.02. The first-order valence-electron chi connectivity index (χ1n) is 7.19. The van der Waals surface area contributed by atoms with Crippen molar-refractivity contribution in [2.45, 2.75) is 25.3 Å². The van der Waals surface area contributed by atoms with Gasteiger partial charge in [-0.05, 0) is 19.8 Å². The summed E-state index contributed by atoms with van der Waals surface area (Å²) < 4.78 is 5.51. The molecular formula is C13H25N3O2S. The second kappa shape index (κ2) is 7.36. The molecule has 0 spiro atoms. The zero-order valence-corrected chi connectivity index (χ0v) is 12.6. The van der Waals surface area contributed by atoms with Gasteiger partial charge < -0.3 is 15.4 Å². The van der Waals surface area contributed by atoms with Gasteiger partial charge in [0.15, 0.2) is 0 Å². The van der Waals surface area contributed by atoms with E-state index < -0.39 is 0 Å². The van der Waals surface area contributed by atoms with Crippen molar-refractivity contribution in [2.24, 2.45) is 0 Å². The fraction of sp³-hybridized carbons (Fsp3) is 0.923. The second-order valence-electron chi connectivity index (χ2n) is 5.15. The van der Waals surface area contributed by atoms with Crippen molar-refractivity contribution < 1.29 is 9.53 Å². The molecule has 2 amide bonds. The highest BCUT2D eigenvalue weighted by Crippen LogP contribution is 2.29. The van der Waals surface area contributed by atoms with Gasteiger partial charge in [0.25, 0.3) is 0 Å². The topological polar surface area (TPSA) is 53.6 Å². The highest BCUT2D eigenvalue weighted by atomic mass is 32.2. The van der Waals surface area contributed by atoms with Crippen LogP contribution in [-0.4, -0.2) is 67.4 Å². The van der Waals surface area contributed by atoms with Gasteiger partial charge in [-0.1, -0.05) is 0 Å². The second-order valence-corrected chi connectivity index (χ2v) is 6.37. The molecule has 0 aliphatic carbocycles. The number of carbonyl (C=O) groups excluding carboxylic acids is 1. The Morgan fingerprint density at radius 3 is 2.58 bits per heavy atom. The summed E-state index contributed by atoms with van der Waals surface area (Å²) in [4.78, 5) is 14.2. The van der Waals surface area contributed by atoms with Gasteiger partial charge in [-0.2, -0.15) is 11.8 Å². The maximum atomic E-state index is 11.6. The Hall–Kier alpha value is -0.460. The predicted octanol–water partition coefficient (Wildman–Crippen LogP) is 0.903. The molecule has 0 bridgehead atoms. The lowest BCUT2D eigenvalue weighted by Crippen LogP contribution is -2.61. The van der Waals surface area contributed by atoms with E-state index in [4.69, 9.17) is 4.74 Å². The maximum absolute atomic E-state index is 11.6. The average Bonchev–Trinajstić information content (AvgIpc) is 2.47. The van der Waals surface area contributed by atoms with Gasteiger partial charge >= 0.3 is 6.03 Å². The summed E-state index contributed by atoms with van der Waals surface area (Å²) >= 11 is 2.02. The summed E-state index contributed by atoms with van der Waals surface area (Å²) in [6.07, 6.45) is 2.04. The van der Waals surface area contributed by atoms with Crippen molar-refractivity contribution in [3.05, 3.63) is 0 Å². The minimum Gasteiger partial charge on any atom is -0.381 e. The van der Waals surface area contributed by atoms with Crippen molar-refractivity contribution in [1.82, 2.24) is 15.5 Å². The predicted molar refractivity (Wildman–Crippen MR) is 78.8 cm³/mol. The van der Waals surface area contributed by atoms with E-state index in [2.05, 4.69) is 15.5 Å². The van der Waals surface area contributed by atoms with Gasteiger partial charge in [0.05, 0.1) is 0 Å². The van der Waals surface area contributed by atoms with Gasteiger partial charge in [-0.15, -0.1) is 0 Å². The van der Waals surface area contributed by atoms with Crippen LogP contribution < -0.4 is 10.6 Å². The van der Waals surface area contributed by atoms with Crippen LogP contribution in [-0.2, 0) is 4.74 Å². The number of amides is 2. The summed E-state index contributed by atoms with van der Waals surface area (Å²) in [5, 5.41) is 5.84. The zero-order valence-electron chi connectivity index (χ0n) is 11.7. The molecule has 0 radical (unpaired) electrons. The molecule has 110 valence electrons. The fourth-order valence-corrected chi connectivity index (χ4v) is 3.76. The van der Waals surface area contributed by atoms with Crippen molar-refractivity contribution in [1.29, 1.82) is 0 Å². The third-order valence-corrected chi connectivity index (χ3v) is 4.96. The molecule has 2 rings (SSSR count). The van der Waals surface area contributed by atoms with E-state index in [0.29, 0.717) is 6.54 Å². The van der Waals surface area contributed by atoms with E-state index in [0.717, 1.165) is 45.7 Å². The van der Waals surface area contributed by atoms with E-state index in [1.165, 1.54) is 11.5 Å². The fourth-order valence-electron chi connectivity index (χ4n) is 2.86. The first-order valence-corrected chi connectivity index (χ1v) is 8.34. The molecule has 0 aromatic rings. The molecular weight excluding hydrogens is 262 g/mol. The van der Waals surface area contributed by atoms with E-state index in [1.807, 2.05) is 18.7 Å². The molecule has 2 N–H and O–H groups in total. The first-order chi connectivity index (χ1) is 9.27. The van der Waals surface area contributed by atoms with E-state index in [1.54, 1.807) is 0 Å². The molecule has 2 saturated heterocycles. The van der Waals surface area contributed by atoms with Crippen LogP contribution >= 0.6 is 11.8 Å². The molecule has 0 saturated carbocycles. The number of hydrogen-bond acceptors (Lipinski definition) is 4. The van der Waals surface area contributed by atoms with E-state index >= 15 is 0 Å². The van der Waals surface area contributed by atoms with Crippen molar-refractivity contribution in [3.8, 4) is 0 Å². The number of hydrogen-bond donors (Lipinski definition) is 2. The zero-order chi connectivity index (χ0) is 13.6. The Morgan fingerprint density at radius 2 is 1.95 bits per heavy atom. The van der Waals surface area contributed by atoms with Crippen molar-refractivity contribution in [2.75, 3.05) is 50.9 Å². The number of thioether (sulfide) groups is 1. The standard InChI is InChI=1S/C13H25N3O2S/c1-2-14-12(17)15-11-13(3-7-18-8-4-13)16-5-9-19-10-6-16/h2-11H2,1H3,(H2,14,15,17). The molecule has 2 aliphatic rings. The Balaban J connectivity index is 1.95. The smallest absolute Gasteiger partial charge is 0.314 e. The van der Waals surface area contributed by atoms with Gasteiger partial charge in [-0.25, -0.2) is 4.79 Å². The quantitative estimate of drug-likeness (QED) is 0.807. The number of nitrogens with zero attached hydrogens (tertiary/aromatic N) is 1. The van der Waals surface area contributed by atoms with Crippen molar-refractivity contribution >= 4 is 17.8 Å². The Labute approximate surface area is 119 Å². The maximum Gasteiger partial charge on any atom is 0.314 e. The summed E-state index contributed by atoms with van der Waals surface area (Å²) in [6.45, 7) is 7.20. The molecule has 0 unspecified atom stereocenters. The first kappa shape index (κ1) is 14.9. The summed E-state index contributed by atoms with van der Waals surface area (Å²) in [5.41, 5.74) is 0.101. The monoisotopic (exact) mass is 287 g/mol. The van der Waals surface area contributed by atoms with Crippen LogP contribution in [0.1, 0.15) is 19.8 Å². The number of ether oxygens (including phenoxy) is 1. The lowest BCUT2D eigenvalue weighted by molar-refractivity contribution is -0.0230. The molecule has 0 atom stereocenters. The van der Waals surface area contributed by atoms with Gasteiger partial charge in [0.2, 0.25) is 0 Å². The summed E-state index contributed by atoms with van der Waals surface area (Å²) in [5.74, 6) is 2.40. The number of urea groups is 1. The highest BCUT2D eigenvalue weighted by molar-refractivity contribution is 7.99. The Bertz CT molecular complexity index is 290. The Morgan fingerprint density at radius 1 is 1.26 bits per heavy atom. The average molecular weight is 287 g/mol. The Kier molecular flexibility index (Phi) is 5.78. The lowest BCUT2D eigenvalue weighted by atomic mass is 9.87. The van der Waals surface area contributed by atoms with Gasteiger partial charge in [0, 0.05) is 56.4 Å². The van der Waals surface area contributed by atoms with Crippen LogP contribution in [0, 0.1) is 0 Å². The molecule has 2 fully saturated rings. The normalized spacial score (nSPS) is 23.8. The van der Waals surface area contributed by atoms with Crippen LogP contribution in [0.25, 0.3) is 0 Å². The minimum absolute atomic E-state index is 0.0558. The summed E-state index contributed by atoms with van der Waals surface area (Å²) in [7, 11) is 0. The van der Waals surface area contributed by atoms with E-state index in [-0.39, 0.29) is 11.6 Å². The van der Waals surface area contributed by atoms with E-state index in [9.17, 15) is 4.79 Å². The largest absolute Gasteiger partial charge is 0.381 e. The highest BCUT2D eigenvalue weighted by Gasteiger charge is 2.39. The molecule has 0 aromatic heterocycles. The third kappa shape index (κ3) is 4.00. The molecule has 19 heavy (non-hydrogen) atoms.